The zero-order valence-electron chi connectivity index (χ0n) is 14.6. The number of hydrogen-bond acceptors (Lipinski definition) is 3. The van der Waals surface area contributed by atoms with Crippen LogP contribution in [0.3, 0.4) is 0 Å². The number of hydrogen-bond donors (Lipinski definition) is 2. The van der Waals surface area contributed by atoms with Crippen LogP contribution < -0.4 is 10.0 Å². The summed E-state index contributed by atoms with van der Waals surface area (Å²) in [5, 5.41) is 3.65. The number of anilines is 2. The first kappa shape index (κ1) is 16.8. The van der Waals surface area contributed by atoms with Gasteiger partial charge in [0, 0.05) is 11.4 Å². The van der Waals surface area contributed by atoms with Crippen LogP contribution in [-0.2, 0) is 15.4 Å². The zero-order chi connectivity index (χ0) is 17.5. The third-order valence-electron chi connectivity index (χ3n) is 4.63. The van der Waals surface area contributed by atoms with Crippen molar-refractivity contribution in [1.29, 1.82) is 0 Å². The van der Waals surface area contributed by atoms with E-state index < -0.39 is 10.0 Å². The fourth-order valence-electron chi connectivity index (χ4n) is 3.50. The SMILES string of the molecule is Cc1cccc2c1NC(c1cccc(NS(C)(=O)=O)c1)CC2(C)C. The Morgan fingerprint density at radius 3 is 2.58 bits per heavy atom. The van der Waals surface area contributed by atoms with E-state index in [0.717, 1.165) is 12.0 Å². The fraction of sp³-hybridized carbons (Fsp3) is 0.368. The molecule has 0 radical (unpaired) electrons. The molecule has 2 aromatic rings. The van der Waals surface area contributed by atoms with Crippen LogP contribution in [0.15, 0.2) is 42.5 Å². The van der Waals surface area contributed by atoms with Crippen LogP contribution in [-0.4, -0.2) is 14.7 Å². The first-order chi connectivity index (χ1) is 11.2. The van der Waals surface area contributed by atoms with Gasteiger partial charge >= 0.3 is 0 Å². The van der Waals surface area contributed by atoms with Gasteiger partial charge in [0.05, 0.1) is 12.3 Å². The largest absolute Gasteiger partial charge is 0.378 e. The summed E-state index contributed by atoms with van der Waals surface area (Å²) in [5.41, 5.74) is 5.51. The van der Waals surface area contributed by atoms with Crippen LogP contribution >= 0.6 is 0 Å². The van der Waals surface area contributed by atoms with Gasteiger partial charge in [-0.25, -0.2) is 8.42 Å². The molecule has 3 rings (SSSR count). The lowest BCUT2D eigenvalue weighted by Gasteiger charge is -2.39. The van der Waals surface area contributed by atoms with E-state index in [4.69, 9.17) is 0 Å². The minimum Gasteiger partial charge on any atom is -0.378 e. The van der Waals surface area contributed by atoms with Crippen molar-refractivity contribution < 1.29 is 8.42 Å². The van der Waals surface area contributed by atoms with Gasteiger partial charge in [0.15, 0.2) is 0 Å². The molecule has 0 amide bonds. The van der Waals surface area contributed by atoms with Gasteiger partial charge in [-0.05, 0) is 47.6 Å². The molecule has 1 aliphatic rings. The Bertz CT molecular complexity index is 873. The lowest BCUT2D eigenvalue weighted by molar-refractivity contribution is 0.427. The van der Waals surface area contributed by atoms with Crippen LogP contribution in [0.5, 0.6) is 0 Å². The molecule has 24 heavy (non-hydrogen) atoms. The molecule has 5 heteroatoms. The van der Waals surface area contributed by atoms with Gasteiger partial charge in [-0.2, -0.15) is 0 Å². The molecule has 4 nitrogen and oxygen atoms in total. The maximum atomic E-state index is 11.5. The number of nitrogens with one attached hydrogen (secondary N) is 2. The van der Waals surface area contributed by atoms with Gasteiger partial charge in [0.1, 0.15) is 0 Å². The minimum absolute atomic E-state index is 0.0531. The van der Waals surface area contributed by atoms with E-state index >= 15 is 0 Å². The maximum Gasteiger partial charge on any atom is 0.229 e. The van der Waals surface area contributed by atoms with Crippen molar-refractivity contribution in [1.82, 2.24) is 0 Å². The quantitative estimate of drug-likeness (QED) is 0.877. The second kappa shape index (κ2) is 5.81. The molecule has 128 valence electrons. The van der Waals surface area contributed by atoms with E-state index in [0.29, 0.717) is 5.69 Å². The normalized spacial score (nSPS) is 19.2. The molecule has 0 saturated heterocycles. The number of benzene rings is 2. The Morgan fingerprint density at radius 1 is 1.17 bits per heavy atom. The van der Waals surface area contributed by atoms with Crippen molar-refractivity contribution in [3.63, 3.8) is 0 Å². The van der Waals surface area contributed by atoms with Crippen LogP contribution in [0.25, 0.3) is 0 Å². The predicted octanol–water partition coefficient (Wildman–Crippen LogP) is 4.20. The molecule has 0 aromatic heterocycles. The first-order valence-corrected chi connectivity index (χ1v) is 9.99. The van der Waals surface area contributed by atoms with Crippen molar-refractivity contribution in [2.45, 2.75) is 38.6 Å². The van der Waals surface area contributed by atoms with E-state index in [1.165, 1.54) is 23.1 Å². The summed E-state index contributed by atoms with van der Waals surface area (Å²) in [6.07, 6.45) is 2.12. The van der Waals surface area contributed by atoms with Gasteiger partial charge in [0.2, 0.25) is 10.0 Å². The average Bonchev–Trinajstić information content (AvgIpc) is 2.46. The van der Waals surface area contributed by atoms with Gasteiger partial charge in [-0.3, -0.25) is 4.72 Å². The highest BCUT2D eigenvalue weighted by molar-refractivity contribution is 7.92. The van der Waals surface area contributed by atoms with Gasteiger partial charge in [-0.1, -0.05) is 44.2 Å². The smallest absolute Gasteiger partial charge is 0.229 e. The van der Waals surface area contributed by atoms with E-state index in [9.17, 15) is 8.42 Å². The van der Waals surface area contributed by atoms with Gasteiger partial charge < -0.3 is 5.32 Å². The fourth-order valence-corrected chi connectivity index (χ4v) is 4.06. The number of sulfonamides is 1. The molecule has 1 unspecified atom stereocenters. The summed E-state index contributed by atoms with van der Waals surface area (Å²) in [6, 6.07) is 14.2. The first-order valence-electron chi connectivity index (χ1n) is 8.10. The Hall–Kier alpha value is -2.01. The highest BCUT2D eigenvalue weighted by Gasteiger charge is 2.34. The van der Waals surface area contributed by atoms with Gasteiger partial charge in [-0.15, -0.1) is 0 Å². The summed E-state index contributed by atoms with van der Waals surface area (Å²) in [4.78, 5) is 0. The minimum atomic E-state index is -3.27. The Balaban J connectivity index is 1.97. The maximum absolute atomic E-state index is 11.5. The molecule has 0 saturated carbocycles. The number of fused-ring (bicyclic) bond motifs is 1. The zero-order valence-corrected chi connectivity index (χ0v) is 15.4. The molecule has 1 heterocycles. The number of rotatable bonds is 3. The second-order valence-corrected chi connectivity index (χ2v) is 9.03. The van der Waals surface area contributed by atoms with Crippen molar-refractivity contribution in [2.75, 3.05) is 16.3 Å². The van der Waals surface area contributed by atoms with Gasteiger partial charge in [0.25, 0.3) is 0 Å². The third kappa shape index (κ3) is 3.41. The highest BCUT2D eigenvalue weighted by atomic mass is 32.2. The summed E-state index contributed by atoms with van der Waals surface area (Å²) in [6.45, 7) is 6.64. The van der Waals surface area contributed by atoms with Crippen LogP contribution in [0.4, 0.5) is 11.4 Å². The van der Waals surface area contributed by atoms with E-state index in [1.807, 2.05) is 18.2 Å². The second-order valence-electron chi connectivity index (χ2n) is 7.28. The number of para-hydroxylation sites is 1. The van der Waals surface area contributed by atoms with Crippen LogP contribution in [0.1, 0.15) is 43.0 Å². The Labute approximate surface area is 144 Å². The van der Waals surface area contributed by atoms with E-state index in [-0.39, 0.29) is 11.5 Å². The van der Waals surface area contributed by atoms with E-state index in [1.54, 1.807) is 6.07 Å². The summed E-state index contributed by atoms with van der Waals surface area (Å²) in [5.74, 6) is 0. The molecule has 0 bridgehead atoms. The van der Waals surface area contributed by atoms with E-state index in [2.05, 4.69) is 49.0 Å². The van der Waals surface area contributed by atoms with Crippen molar-refractivity contribution in [3.05, 3.63) is 59.2 Å². The molecule has 2 aromatic carbocycles. The number of aryl methyl sites for hydroxylation is 1. The topological polar surface area (TPSA) is 58.2 Å². The average molecular weight is 344 g/mol. The molecule has 1 aliphatic heterocycles. The van der Waals surface area contributed by atoms with Crippen molar-refractivity contribution >= 4 is 21.4 Å². The standard InChI is InChI=1S/C19H24N2O2S/c1-13-7-5-10-16-18(13)20-17(12-19(16,2)3)14-8-6-9-15(11-14)21-24(4,22)23/h5-11,17,20-21H,12H2,1-4H3. The lowest BCUT2D eigenvalue weighted by Crippen LogP contribution is -2.31. The monoisotopic (exact) mass is 344 g/mol. The molecule has 2 N–H and O–H groups in total. The lowest BCUT2D eigenvalue weighted by atomic mass is 9.73. The Morgan fingerprint density at radius 2 is 1.88 bits per heavy atom. The molecular formula is C19H24N2O2S. The summed E-state index contributed by atoms with van der Waals surface area (Å²) >= 11 is 0. The van der Waals surface area contributed by atoms with Crippen molar-refractivity contribution in [2.24, 2.45) is 0 Å². The predicted molar refractivity (Wildman–Crippen MR) is 100 cm³/mol. The summed E-state index contributed by atoms with van der Waals surface area (Å²) in [7, 11) is -3.27. The molecule has 0 fully saturated rings. The summed E-state index contributed by atoms with van der Waals surface area (Å²) < 4.78 is 25.5. The molecular weight excluding hydrogens is 320 g/mol. The van der Waals surface area contributed by atoms with Crippen LogP contribution in [0.2, 0.25) is 0 Å². The third-order valence-corrected chi connectivity index (χ3v) is 5.23. The van der Waals surface area contributed by atoms with Crippen molar-refractivity contribution in [3.8, 4) is 0 Å². The molecule has 0 aliphatic carbocycles. The molecule has 1 atom stereocenters. The van der Waals surface area contributed by atoms with Crippen LogP contribution in [0, 0.1) is 6.92 Å². The highest BCUT2D eigenvalue weighted by Crippen LogP contribution is 2.45. The molecule has 0 spiro atoms. The Kier molecular flexibility index (Phi) is 4.08.